The van der Waals surface area contributed by atoms with Gasteiger partial charge >= 0.3 is 0 Å². The van der Waals surface area contributed by atoms with Gasteiger partial charge in [-0.3, -0.25) is 0 Å². The molecule has 32 heavy (non-hydrogen) atoms. The number of allylic oxidation sites excluding steroid dienone is 1. The standard InChI is InChI=1S/C25H23FN6/c26-22-14-19(6-7-20(22)16-29)25-30-23(24(10-11-27)31-12-2-1-3-13-31)17-32(25)21-8-4-18(15-28)5-9-21/h4-11,14H,1-3,12-13,17,27H2/b11-10-,24-23-. The molecule has 0 aromatic heterocycles. The van der Waals surface area contributed by atoms with Crippen molar-refractivity contribution in [3.63, 3.8) is 0 Å². The Balaban J connectivity index is 1.82. The first-order chi connectivity index (χ1) is 15.6. The van der Waals surface area contributed by atoms with Crippen LogP contribution in [0.2, 0.25) is 0 Å². The topological polar surface area (TPSA) is 92.4 Å². The van der Waals surface area contributed by atoms with E-state index in [4.69, 9.17) is 21.2 Å². The Morgan fingerprint density at radius 3 is 2.41 bits per heavy atom. The van der Waals surface area contributed by atoms with Gasteiger partial charge in [-0.2, -0.15) is 10.5 Å². The maximum absolute atomic E-state index is 14.4. The highest BCUT2D eigenvalue weighted by Gasteiger charge is 2.28. The smallest absolute Gasteiger partial charge is 0.141 e. The molecule has 0 amide bonds. The van der Waals surface area contributed by atoms with Crippen molar-refractivity contribution in [1.29, 1.82) is 10.5 Å². The Morgan fingerprint density at radius 2 is 1.78 bits per heavy atom. The number of likely N-dealkylation sites (tertiary alicyclic amines) is 1. The molecule has 0 spiro atoms. The van der Waals surface area contributed by atoms with E-state index in [1.807, 2.05) is 29.2 Å². The van der Waals surface area contributed by atoms with Crippen LogP contribution in [0.15, 0.2) is 71.1 Å². The zero-order valence-electron chi connectivity index (χ0n) is 17.6. The Hall–Kier alpha value is -4.10. The average Bonchev–Trinajstić information content (AvgIpc) is 3.28. The van der Waals surface area contributed by atoms with Gasteiger partial charge in [0, 0.05) is 24.3 Å². The van der Waals surface area contributed by atoms with Crippen LogP contribution in [0.3, 0.4) is 0 Å². The van der Waals surface area contributed by atoms with Crippen molar-refractivity contribution in [2.24, 2.45) is 10.7 Å². The molecule has 0 atom stereocenters. The summed E-state index contributed by atoms with van der Waals surface area (Å²) in [5.41, 5.74) is 9.56. The summed E-state index contributed by atoms with van der Waals surface area (Å²) in [6.45, 7) is 2.37. The van der Waals surface area contributed by atoms with Crippen LogP contribution >= 0.6 is 0 Å². The summed E-state index contributed by atoms with van der Waals surface area (Å²) in [4.78, 5) is 9.20. The number of rotatable bonds is 4. The number of halogens is 1. The van der Waals surface area contributed by atoms with Crippen molar-refractivity contribution < 1.29 is 4.39 Å². The molecule has 6 nitrogen and oxygen atoms in total. The molecule has 4 rings (SSSR count). The molecule has 2 heterocycles. The van der Waals surface area contributed by atoms with E-state index in [-0.39, 0.29) is 5.56 Å². The summed E-state index contributed by atoms with van der Waals surface area (Å²) in [6, 6.07) is 15.7. The fraction of sp³-hybridized carbons (Fsp3) is 0.240. The minimum absolute atomic E-state index is 0.00638. The first-order valence-corrected chi connectivity index (χ1v) is 10.6. The monoisotopic (exact) mass is 426 g/mol. The maximum atomic E-state index is 14.4. The zero-order valence-corrected chi connectivity index (χ0v) is 17.6. The second-order valence-electron chi connectivity index (χ2n) is 7.73. The van der Waals surface area contributed by atoms with Gasteiger partial charge in [0.25, 0.3) is 0 Å². The van der Waals surface area contributed by atoms with Crippen LogP contribution < -0.4 is 10.6 Å². The molecule has 7 heteroatoms. The Bertz CT molecular complexity index is 1170. The third kappa shape index (κ3) is 4.19. The predicted octanol–water partition coefficient (Wildman–Crippen LogP) is 4.01. The molecule has 2 aromatic rings. The summed E-state index contributed by atoms with van der Waals surface area (Å²) >= 11 is 0. The quantitative estimate of drug-likeness (QED) is 0.798. The summed E-state index contributed by atoms with van der Waals surface area (Å²) in [6.07, 6.45) is 6.85. The number of anilines is 1. The highest BCUT2D eigenvalue weighted by atomic mass is 19.1. The van der Waals surface area contributed by atoms with Crippen molar-refractivity contribution >= 4 is 11.5 Å². The first-order valence-electron chi connectivity index (χ1n) is 10.6. The van der Waals surface area contributed by atoms with Crippen molar-refractivity contribution in [2.75, 3.05) is 24.5 Å². The molecule has 0 unspecified atom stereocenters. The third-order valence-electron chi connectivity index (χ3n) is 5.71. The average molecular weight is 426 g/mol. The lowest BCUT2D eigenvalue weighted by atomic mass is 10.1. The van der Waals surface area contributed by atoms with Crippen LogP contribution in [-0.4, -0.2) is 30.4 Å². The molecule has 0 saturated carbocycles. The van der Waals surface area contributed by atoms with E-state index in [1.54, 1.807) is 18.2 Å². The van der Waals surface area contributed by atoms with Gasteiger partial charge in [0.2, 0.25) is 0 Å². The summed E-state index contributed by atoms with van der Waals surface area (Å²) in [5, 5.41) is 18.2. The van der Waals surface area contributed by atoms with Gasteiger partial charge in [-0.05, 0) is 74.0 Å². The third-order valence-corrected chi connectivity index (χ3v) is 5.71. The van der Waals surface area contributed by atoms with E-state index < -0.39 is 5.82 Å². The Kier molecular flexibility index (Phi) is 6.19. The lowest BCUT2D eigenvalue weighted by molar-refractivity contribution is 0.290. The van der Waals surface area contributed by atoms with Crippen molar-refractivity contribution in [1.82, 2.24) is 4.90 Å². The van der Waals surface area contributed by atoms with Gasteiger partial charge < -0.3 is 15.5 Å². The van der Waals surface area contributed by atoms with Crippen LogP contribution in [0.4, 0.5) is 10.1 Å². The van der Waals surface area contributed by atoms with Gasteiger partial charge in [0.1, 0.15) is 17.7 Å². The predicted molar refractivity (Wildman–Crippen MR) is 122 cm³/mol. The minimum atomic E-state index is -0.581. The molecule has 2 aliphatic heterocycles. The number of aliphatic imine (C=N–C) groups is 1. The van der Waals surface area contributed by atoms with E-state index in [9.17, 15) is 4.39 Å². The highest BCUT2D eigenvalue weighted by molar-refractivity contribution is 6.12. The van der Waals surface area contributed by atoms with Crippen LogP contribution in [0.25, 0.3) is 0 Å². The van der Waals surface area contributed by atoms with Crippen LogP contribution in [0, 0.1) is 28.5 Å². The molecule has 2 N–H and O–H groups in total. The van der Waals surface area contributed by atoms with Crippen LogP contribution in [0.1, 0.15) is 36.0 Å². The van der Waals surface area contributed by atoms with Crippen molar-refractivity contribution in [2.45, 2.75) is 19.3 Å². The number of nitrogens with two attached hydrogens (primary N) is 1. The molecule has 2 aliphatic rings. The molecule has 2 aromatic carbocycles. The number of benzene rings is 2. The molecular weight excluding hydrogens is 403 g/mol. The molecule has 0 bridgehead atoms. The lowest BCUT2D eigenvalue weighted by Crippen LogP contribution is -2.31. The SMILES string of the molecule is N#Cc1ccc(N2C/C(=C(\C=C/N)N3CCCCC3)N=C2c2ccc(C#N)c(F)c2)cc1. The van der Waals surface area contributed by atoms with E-state index in [2.05, 4.69) is 11.0 Å². The largest absolute Gasteiger partial charge is 0.405 e. The second-order valence-corrected chi connectivity index (χ2v) is 7.73. The molecular formula is C25H23FN6. The van der Waals surface area contributed by atoms with Gasteiger partial charge in [-0.15, -0.1) is 0 Å². The fourth-order valence-electron chi connectivity index (χ4n) is 4.09. The Morgan fingerprint density at radius 1 is 1.03 bits per heavy atom. The van der Waals surface area contributed by atoms with Gasteiger partial charge in [0.05, 0.1) is 35.1 Å². The van der Waals surface area contributed by atoms with Gasteiger partial charge in [-0.1, -0.05) is 0 Å². The minimum Gasteiger partial charge on any atom is -0.405 e. The number of amidine groups is 1. The second kappa shape index (κ2) is 9.36. The summed E-state index contributed by atoms with van der Waals surface area (Å²) < 4.78 is 14.4. The summed E-state index contributed by atoms with van der Waals surface area (Å²) in [5.74, 6) is 0.0102. The van der Waals surface area contributed by atoms with Gasteiger partial charge in [-0.25, -0.2) is 9.38 Å². The number of hydrogen-bond acceptors (Lipinski definition) is 6. The maximum Gasteiger partial charge on any atom is 0.141 e. The van der Waals surface area contributed by atoms with Crippen molar-refractivity contribution in [3.8, 4) is 12.1 Å². The normalized spacial score (nSPS) is 17.8. The molecule has 0 aliphatic carbocycles. The number of nitrogens with zero attached hydrogens (tertiary/aromatic N) is 5. The number of hydrogen-bond donors (Lipinski definition) is 1. The van der Waals surface area contributed by atoms with Crippen LogP contribution in [-0.2, 0) is 0 Å². The van der Waals surface area contributed by atoms with Crippen molar-refractivity contribution in [3.05, 3.63) is 88.6 Å². The highest BCUT2D eigenvalue weighted by Crippen LogP contribution is 2.30. The molecule has 1 fully saturated rings. The molecule has 160 valence electrons. The molecule has 1 saturated heterocycles. The van der Waals surface area contributed by atoms with E-state index >= 15 is 0 Å². The summed E-state index contributed by atoms with van der Waals surface area (Å²) in [7, 11) is 0. The molecule has 0 radical (unpaired) electrons. The first kappa shape index (κ1) is 21.1. The van der Waals surface area contributed by atoms with E-state index in [0.29, 0.717) is 23.5 Å². The lowest BCUT2D eigenvalue weighted by Gasteiger charge is -2.30. The van der Waals surface area contributed by atoms with Crippen LogP contribution in [0.5, 0.6) is 0 Å². The number of nitriles is 2. The number of piperidine rings is 1. The fourth-order valence-corrected chi connectivity index (χ4v) is 4.09. The van der Waals surface area contributed by atoms with E-state index in [0.717, 1.165) is 43.0 Å². The van der Waals surface area contributed by atoms with Gasteiger partial charge in [0.15, 0.2) is 0 Å². The Labute approximate surface area is 187 Å². The zero-order chi connectivity index (χ0) is 22.5. The van der Waals surface area contributed by atoms with E-state index in [1.165, 1.54) is 24.8 Å².